The molecule has 1 aromatic carbocycles. The molecule has 0 heteroatoms. The van der Waals surface area contributed by atoms with Gasteiger partial charge in [0.2, 0.25) is 0 Å². The van der Waals surface area contributed by atoms with E-state index in [-0.39, 0.29) is 14.9 Å². The largest absolute Gasteiger partial charge is 0.101 e. The number of fused-ring (bicyclic) bond motifs is 5. The topological polar surface area (TPSA) is 0 Å². The summed E-state index contributed by atoms with van der Waals surface area (Å²) >= 11 is 0. The van der Waals surface area contributed by atoms with E-state index < -0.39 is 0 Å². The summed E-state index contributed by atoms with van der Waals surface area (Å²) in [4.78, 5) is 0. The molecule has 0 spiro atoms. The van der Waals surface area contributed by atoms with Crippen molar-refractivity contribution >= 4 is 0 Å². The molecule has 0 radical (unpaired) electrons. The molecular weight excluding hydrogens is 456 g/mol. The van der Waals surface area contributed by atoms with E-state index in [0.29, 0.717) is 16.7 Å². The van der Waals surface area contributed by atoms with Gasteiger partial charge in [0.25, 0.3) is 0 Å². The summed E-state index contributed by atoms with van der Waals surface area (Å²) in [6.07, 6.45) is 13.6. The lowest BCUT2D eigenvalue weighted by Gasteiger charge is -2.58. The molecular formula is C38H64. The first-order chi connectivity index (χ1) is 17.1. The zero-order chi connectivity index (χ0) is 26.3. The Kier molecular flexibility index (Phi) is 11.3. The van der Waals surface area contributed by atoms with Crippen molar-refractivity contribution in [2.24, 2.45) is 52.3 Å². The average Bonchev–Trinajstić information content (AvgIpc) is 3.21. The molecule has 4 unspecified atom stereocenters. The number of rotatable bonds is 3. The Hall–Kier alpha value is -1.22. The molecule has 4 saturated carbocycles. The van der Waals surface area contributed by atoms with Gasteiger partial charge in [-0.2, -0.15) is 0 Å². The second-order valence-electron chi connectivity index (χ2n) is 14.2. The van der Waals surface area contributed by atoms with Crippen LogP contribution in [0.25, 0.3) is 0 Å². The van der Waals surface area contributed by atoms with E-state index in [1.54, 1.807) is 5.56 Å². The maximum atomic E-state index is 3.24. The van der Waals surface area contributed by atoms with Crippen molar-refractivity contribution in [1.29, 1.82) is 0 Å². The third kappa shape index (κ3) is 5.93. The third-order valence-electron chi connectivity index (χ3n) is 12.0. The molecule has 0 heterocycles. The van der Waals surface area contributed by atoms with Gasteiger partial charge in [0.15, 0.2) is 0 Å². The second kappa shape index (κ2) is 13.0. The fraction of sp³-hybridized carbons (Fsp3) is 0.789. The second-order valence-corrected chi connectivity index (χ2v) is 14.2. The molecule has 4 fully saturated rings. The van der Waals surface area contributed by atoms with Crippen LogP contribution in [0.2, 0.25) is 0 Å². The third-order valence-corrected chi connectivity index (χ3v) is 12.0. The van der Waals surface area contributed by atoms with Gasteiger partial charge >= 0.3 is 0 Å². The van der Waals surface area contributed by atoms with Crippen LogP contribution in [-0.4, -0.2) is 0 Å². The highest BCUT2D eigenvalue weighted by molar-refractivity contribution is 5.41. The Labute approximate surface area is 239 Å². The lowest BCUT2D eigenvalue weighted by molar-refractivity contribution is -0.0817. The van der Waals surface area contributed by atoms with Crippen LogP contribution in [0.15, 0.2) is 18.2 Å². The average molecular weight is 521 g/mol. The first-order valence-corrected chi connectivity index (χ1v) is 15.7. The van der Waals surface area contributed by atoms with Crippen molar-refractivity contribution in [2.75, 3.05) is 0 Å². The maximum absolute atomic E-state index is 3.24. The minimum absolute atomic E-state index is 0. The molecule has 0 aromatic heterocycles. The first kappa shape index (κ1) is 33.0. The van der Waals surface area contributed by atoms with Crippen LogP contribution < -0.4 is 0 Å². The Morgan fingerprint density at radius 3 is 2.18 bits per heavy atom. The monoisotopic (exact) mass is 521 g/mol. The fourth-order valence-corrected chi connectivity index (χ4v) is 10.3. The van der Waals surface area contributed by atoms with Crippen LogP contribution >= 0.6 is 0 Å². The number of aryl methyl sites for hydroxylation is 1. The van der Waals surface area contributed by atoms with Crippen molar-refractivity contribution in [2.45, 2.75) is 141 Å². The van der Waals surface area contributed by atoms with Gasteiger partial charge in [0, 0.05) is 5.56 Å². The predicted molar refractivity (Wildman–Crippen MR) is 171 cm³/mol. The number of hydrogen-bond acceptors (Lipinski definition) is 0. The summed E-state index contributed by atoms with van der Waals surface area (Å²) < 4.78 is 0. The van der Waals surface area contributed by atoms with Crippen LogP contribution in [0.1, 0.15) is 151 Å². The molecule has 216 valence electrons. The quantitative estimate of drug-likeness (QED) is 0.348. The Bertz CT molecular complexity index is 956. The van der Waals surface area contributed by atoms with Crippen LogP contribution in [0.5, 0.6) is 0 Å². The highest BCUT2D eigenvalue weighted by Crippen LogP contribution is 2.66. The van der Waals surface area contributed by atoms with E-state index in [2.05, 4.69) is 71.6 Å². The van der Waals surface area contributed by atoms with Gasteiger partial charge in [-0.05, 0) is 153 Å². The maximum Gasteiger partial charge on any atom is 0.0247 e. The van der Waals surface area contributed by atoms with Crippen LogP contribution in [0.3, 0.4) is 0 Å². The minimum atomic E-state index is 0. The lowest BCUT2D eigenvalue weighted by atomic mass is 9.47. The van der Waals surface area contributed by atoms with E-state index in [1.807, 2.05) is 20.8 Å². The molecule has 0 amide bonds. The molecule has 5 rings (SSSR count). The van der Waals surface area contributed by atoms with Gasteiger partial charge in [-0.25, -0.2) is 0 Å². The predicted octanol–water partition coefficient (Wildman–Crippen LogP) is 11.7. The van der Waals surface area contributed by atoms with Gasteiger partial charge in [-0.3, -0.25) is 0 Å². The van der Waals surface area contributed by atoms with Crippen molar-refractivity contribution in [3.8, 4) is 11.8 Å². The molecule has 0 bridgehead atoms. The van der Waals surface area contributed by atoms with E-state index in [0.717, 1.165) is 47.0 Å². The van der Waals surface area contributed by atoms with Crippen molar-refractivity contribution in [3.05, 3.63) is 34.9 Å². The number of hydrogen-bond donors (Lipinski definition) is 0. The Morgan fingerprint density at radius 1 is 0.842 bits per heavy atom. The first-order valence-electron chi connectivity index (χ1n) is 15.7. The molecule has 0 nitrogen and oxygen atoms in total. The zero-order valence-electron chi connectivity index (χ0n) is 25.2. The molecule has 0 aliphatic heterocycles. The Balaban J connectivity index is 0.00000124. The zero-order valence-corrected chi connectivity index (χ0v) is 25.2. The lowest BCUT2D eigenvalue weighted by Crippen LogP contribution is -2.50. The van der Waals surface area contributed by atoms with Crippen molar-refractivity contribution in [1.82, 2.24) is 0 Å². The van der Waals surface area contributed by atoms with Gasteiger partial charge in [-0.15, -0.1) is 5.92 Å². The van der Waals surface area contributed by atoms with Crippen molar-refractivity contribution in [3.63, 3.8) is 0 Å². The molecule has 4 aliphatic carbocycles. The van der Waals surface area contributed by atoms with Gasteiger partial charge in [-0.1, -0.05) is 75.3 Å². The van der Waals surface area contributed by atoms with Crippen LogP contribution in [0, 0.1) is 71.0 Å². The van der Waals surface area contributed by atoms with Gasteiger partial charge < -0.3 is 0 Å². The summed E-state index contributed by atoms with van der Waals surface area (Å²) in [7, 11) is 0. The highest BCUT2D eigenvalue weighted by atomic mass is 14.6. The highest BCUT2D eigenvalue weighted by Gasteiger charge is 2.58. The smallest absolute Gasteiger partial charge is 0.0247 e. The normalized spacial score (nSPS) is 36.1. The molecule has 0 saturated heterocycles. The molecule has 4 aliphatic rings. The fourth-order valence-electron chi connectivity index (χ4n) is 10.3. The summed E-state index contributed by atoms with van der Waals surface area (Å²) in [5, 5.41) is 0. The van der Waals surface area contributed by atoms with E-state index in [9.17, 15) is 0 Å². The standard InChI is InChI=1S/C34H50.C2H6.2CH4/c1-8-9-25-10-12-27(22(2)20-25)23(3)24(4)31-14-15-32-30-13-11-26-21-33(5,6)18-16-28(26)29(30)17-19-34(31,32)7;1-2;;/h10,12,20,23-24,26,28-32H,11,13-19,21H2,1-7H3;1-2H3;2*1H4/t23?,24-,26?,28?,29+,30+,31?,32-,34+;;;/m0.../s1. The summed E-state index contributed by atoms with van der Waals surface area (Å²) in [6.45, 7) is 21.1. The minimum Gasteiger partial charge on any atom is -0.101 e. The van der Waals surface area contributed by atoms with Crippen LogP contribution in [-0.2, 0) is 0 Å². The summed E-state index contributed by atoms with van der Waals surface area (Å²) in [5.41, 5.74) is 5.32. The summed E-state index contributed by atoms with van der Waals surface area (Å²) in [6, 6.07) is 6.94. The molecule has 0 N–H and O–H groups in total. The SMILES string of the molecule is C.C.CC.CC#Cc1ccc(C(C)[C@H](C)C2CC[C@H]3[C@@H]4CCC5CC(C)(C)CCC5[C@H]4CC[C@]23C)c(C)c1. The van der Waals surface area contributed by atoms with E-state index >= 15 is 0 Å². The van der Waals surface area contributed by atoms with E-state index in [1.165, 1.54) is 63.4 Å². The van der Waals surface area contributed by atoms with Gasteiger partial charge in [0.1, 0.15) is 0 Å². The molecule has 38 heavy (non-hydrogen) atoms. The van der Waals surface area contributed by atoms with Crippen LogP contribution in [0.4, 0.5) is 0 Å². The van der Waals surface area contributed by atoms with Gasteiger partial charge in [0.05, 0.1) is 0 Å². The van der Waals surface area contributed by atoms with E-state index in [4.69, 9.17) is 0 Å². The molecule has 1 aromatic rings. The summed E-state index contributed by atoms with van der Waals surface area (Å²) in [5.74, 6) is 13.7. The van der Waals surface area contributed by atoms with Crippen molar-refractivity contribution < 1.29 is 0 Å². The molecule has 9 atom stereocenters. The Morgan fingerprint density at radius 2 is 1.53 bits per heavy atom. The number of benzene rings is 1.